The monoisotopic (exact) mass is 374 g/mol. The Hall–Kier alpha value is -1.99. The van der Waals surface area contributed by atoms with Crippen molar-refractivity contribution in [2.75, 3.05) is 46.4 Å². The van der Waals surface area contributed by atoms with Crippen molar-refractivity contribution in [1.29, 1.82) is 0 Å². The van der Waals surface area contributed by atoms with Crippen LogP contribution in [0.25, 0.3) is 0 Å². The number of aromatic nitrogens is 1. The lowest BCUT2D eigenvalue weighted by atomic mass is 9.93. The second-order valence-electron chi connectivity index (χ2n) is 7.38. The summed E-state index contributed by atoms with van der Waals surface area (Å²) in [5.74, 6) is 0.291. The lowest BCUT2D eigenvalue weighted by molar-refractivity contribution is -0.127. The minimum atomic E-state index is 0.0621. The highest BCUT2D eigenvalue weighted by Gasteiger charge is 2.32. The summed E-state index contributed by atoms with van der Waals surface area (Å²) in [5, 5.41) is 2.97. The van der Waals surface area contributed by atoms with Crippen molar-refractivity contribution in [2.24, 2.45) is 5.92 Å². The first kappa shape index (κ1) is 19.8. The number of nitrogens with one attached hydrogen (secondary N) is 1. The van der Waals surface area contributed by atoms with Crippen LogP contribution in [-0.2, 0) is 9.53 Å². The second-order valence-corrected chi connectivity index (χ2v) is 7.38. The van der Waals surface area contributed by atoms with E-state index in [1.54, 1.807) is 31.6 Å². The van der Waals surface area contributed by atoms with E-state index in [2.05, 4.69) is 15.2 Å². The van der Waals surface area contributed by atoms with Gasteiger partial charge in [0.1, 0.15) is 0 Å². The van der Waals surface area contributed by atoms with E-state index >= 15 is 0 Å². The van der Waals surface area contributed by atoms with Crippen LogP contribution in [0, 0.1) is 5.92 Å². The molecule has 0 aliphatic carbocycles. The number of nitrogens with zero attached hydrogens (tertiary/aromatic N) is 3. The van der Waals surface area contributed by atoms with Crippen molar-refractivity contribution < 1.29 is 14.3 Å². The van der Waals surface area contributed by atoms with Crippen LogP contribution in [0.1, 0.15) is 36.0 Å². The zero-order valence-electron chi connectivity index (χ0n) is 16.1. The van der Waals surface area contributed by atoms with Gasteiger partial charge in [-0.3, -0.25) is 19.5 Å². The topological polar surface area (TPSA) is 74.8 Å². The van der Waals surface area contributed by atoms with Crippen LogP contribution in [0.15, 0.2) is 24.5 Å². The van der Waals surface area contributed by atoms with E-state index in [9.17, 15) is 9.59 Å². The maximum atomic E-state index is 12.6. The van der Waals surface area contributed by atoms with Crippen molar-refractivity contribution in [3.63, 3.8) is 0 Å². The van der Waals surface area contributed by atoms with Gasteiger partial charge in [-0.1, -0.05) is 0 Å². The Kier molecular flexibility index (Phi) is 7.18. The van der Waals surface area contributed by atoms with Crippen molar-refractivity contribution in [3.8, 4) is 0 Å². The van der Waals surface area contributed by atoms with Crippen LogP contribution in [-0.4, -0.2) is 79.1 Å². The van der Waals surface area contributed by atoms with Crippen LogP contribution < -0.4 is 5.32 Å². The van der Waals surface area contributed by atoms with E-state index in [1.165, 1.54) is 0 Å². The van der Waals surface area contributed by atoms with E-state index in [1.807, 2.05) is 4.90 Å². The number of piperidine rings is 2. The Morgan fingerprint density at radius 2 is 1.93 bits per heavy atom. The fourth-order valence-corrected chi connectivity index (χ4v) is 4.08. The number of hydrogen-bond donors (Lipinski definition) is 1. The molecule has 2 fully saturated rings. The summed E-state index contributed by atoms with van der Waals surface area (Å²) in [7, 11) is 1.64. The highest BCUT2D eigenvalue weighted by molar-refractivity contribution is 5.94. The predicted octanol–water partition coefficient (Wildman–Crippen LogP) is 1.16. The van der Waals surface area contributed by atoms with Crippen LogP contribution >= 0.6 is 0 Å². The molecule has 7 nitrogen and oxygen atoms in total. The molecule has 2 aliphatic heterocycles. The Morgan fingerprint density at radius 3 is 2.63 bits per heavy atom. The molecule has 3 heterocycles. The molecule has 2 amide bonds. The smallest absolute Gasteiger partial charge is 0.253 e. The number of amides is 2. The fraction of sp³-hybridized carbons (Fsp3) is 0.650. The highest BCUT2D eigenvalue weighted by atomic mass is 16.5. The number of ether oxygens (including phenoxy) is 1. The van der Waals surface area contributed by atoms with E-state index in [0.717, 1.165) is 51.9 Å². The highest BCUT2D eigenvalue weighted by Crippen LogP contribution is 2.24. The third-order valence-electron chi connectivity index (χ3n) is 5.62. The van der Waals surface area contributed by atoms with Gasteiger partial charge >= 0.3 is 0 Å². The molecule has 0 aromatic carbocycles. The van der Waals surface area contributed by atoms with Gasteiger partial charge in [-0.15, -0.1) is 0 Å². The molecular weight excluding hydrogens is 344 g/mol. The number of hydrogen-bond acceptors (Lipinski definition) is 5. The number of pyridine rings is 1. The molecule has 3 rings (SSSR count). The number of rotatable bonds is 6. The fourth-order valence-electron chi connectivity index (χ4n) is 4.08. The third-order valence-corrected chi connectivity index (χ3v) is 5.62. The van der Waals surface area contributed by atoms with Gasteiger partial charge in [0.15, 0.2) is 0 Å². The lowest BCUT2D eigenvalue weighted by Crippen LogP contribution is -2.51. The zero-order chi connectivity index (χ0) is 19.1. The maximum Gasteiger partial charge on any atom is 0.253 e. The lowest BCUT2D eigenvalue weighted by Gasteiger charge is -2.42. The summed E-state index contributed by atoms with van der Waals surface area (Å²) in [5.41, 5.74) is 0.703. The number of carbonyl (C=O) groups is 2. The standard InChI is InChI=1S/C20H30N4O3/c1-27-14-10-22-19(25)17-3-2-11-24(15-17)18-6-12-23(13-7-18)20(26)16-4-8-21-9-5-16/h4-5,8-9,17-18H,2-3,6-7,10-15H2,1H3,(H,22,25). The average molecular weight is 374 g/mol. The normalized spacial score (nSPS) is 21.8. The van der Waals surface area contributed by atoms with Gasteiger partial charge in [-0.25, -0.2) is 0 Å². The molecule has 1 unspecified atom stereocenters. The molecule has 0 bridgehead atoms. The minimum absolute atomic E-state index is 0.0621. The Balaban J connectivity index is 1.47. The van der Waals surface area contributed by atoms with E-state index < -0.39 is 0 Å². The molecule has 7 heteroatoms. The Morgan fingerprint density at radius 1 is 1.19 bits per heavy atom. The summed E-state index contributed by atoms with van der Waals surface area (Å²) in [4.78, 5) is 33.3. The average Bonchev–Trinajstić information content (AvgIpc) is 2.74. The van der Waals surface area contributed by atoms with E-state index in [0.29, 0.717) is 24.8 Å². The quantitative estimate of drug-likeness (QED) is 0.757. The third kappa shape index (κ3) is 5.26. The Bertz CT molecular complexity index is 617. The summed E-state index contributed by atoms with van der Waals surface area (Å²) >= 11 is 0. The number of likely N-dealkylation sites (tertiary alicyclic amines) is 2. The Labute approximate surface area is 161 Å². The molecule has 1 atom stereocenters. The molecule has 27 heavy (non-hydrogen) atoms. The number of methoxy groups -OCH3 is 1. The van der Waals surface area contributed by atoms with Gasteiger partial charge in [0, 0.05) is 57.3 Å². The van der Waals surface area contributed by atoms with E-state index in [4.69, 9.17) is 4.74 Å². The van der Waals surface area contributed by atoms with Gasteiger partial charge in [0.05, 0.1) is 12.5 Å². The van der Waals surface area contributed by atoms with Crippen LogP contribution in [0.3, 0.4) is 0 Å². The summed E-state index contributed by atoms with van der Waals surface area (Å²) in [6, 6.07) is 4.00. The maximum absolute atomic E-state index is 12.6. The van der Waals surface area contributed by atoms with Crippen molar-refractivity contribution in [1.82, 2.24) is 20.1 Å². The summed E-state index contributed by atoms with van der Waals surface area (Å²) in [6.07, 6.45) is 7.26. The van der Waals surface area contributed by atoms with Crippen molar-refractivity contribution in [3.05, 3.63) is 30.1 Å². The summed E-state index contributed by atoms with van der Waals surface area (Å²) in [6.45, 7) is 4.53. The van der Waals surface area contributed by atoms with E-state index in [-0.39, 0.29) is 17.7 Å². The molecular formula is C20H30N4O3. The van der Waals surface area contributed by atoms with Crippen LogP contribution in [0.2, 0.25) is 0 Å². The molecule has 148 valence electrons. The van der Waals surface area contributed by atoms with Gasteiger partial charge in [-0.2, -0.15) is 0 Å². The molecule has 1 aromatic rings. The first-order chi connectivity index (χ1) is 13.2. The van der Waals surface area contributed by atoms with Gasteiger partial charge in [0.2, 0.25) is 5.91 Å². The molecule has 1 N–H and O–H groups in total. The second kappa shape index (κ2) is 9.80. The number of carbonyl (C=O) groups excluding carboxylic acids is 2. The SMILES string of the molecule is COCCNC(=O)C1CCCN(C2CCN(C(=O)c3ccncc3)CC2)C1. The molecule has 0 spiro atoms. The zero-order valence-corrected chi connectivity index (χ0v) is 16.1. The summed E-state index contributed by atoms with van der Waals surface area (Å²) < 4.78 is 5.00. The van der Waals surface area contributed by atoms with Crippen LogP contribution in [0.4, 0.5) is 0 Å². The van der Waals surface area contributed by atoms with Gasteiger partial charge < -0.3 is 15.0 Å². The van der Waals surface area contributed by atoms with Crippen LogP contribution in [0.5, 0.6) is 0 Å². The van der Waals surface area contributed by atoms with Gasteiger partial charge in [-0.05, 0) is 44.4 Å². The molecule has 2 aliphatic rings. The first-order valence-electron chi connectivity index (χ1n) is 9.89. The molecule has 2 saturated heterocycles. The molecule has 0 radical (unpaired) electrons. The first-order valence-corrected chi connectivity index (χ1v) is 9.89. The van der Waals surface area contributed by atoms with Gasteiger partial charge in [0.25, 0.3) is 5.91 Å². The molecule has 1 aromatic heterocycles. The minimum Gasteiger partial charge on any atom is -0.383 e. The molecule has 0 saturated carbocycles. The predicted molar refractivity (Wildman–Crippen MR) is 102 cm³/mol. The van der Waals surface area contributed by atoms with Crippen molar-refractivity contribution >= 4 is 11.8 Å². The largest absolute Gasteiger partial charge is 0.383 e. The van der Waals surface area contributed by atoms with Crippen molar-refractivity contribution in [2.45, 2.75) is 31.7 Å².